The molecule has 5 rings (SSSR count). The number of hydrogen-bond donors (Lipinski definition) is 3. The average molecular weight is 560 g/mol. The second kappa shape index (κ2) is 12.5. The number of amides is 1. The lowest BCUT2D eigenvalue weighted by Gasteiger charge is -2.27. The zero-order valence-corrected chi connectivity index (χ0v) is 22.1. The van der Waals surface area contributed by atoms with E-state index in [1.165, 1.54) is 12.1 Å². The molecule has 1 aliphatic heterocycles. The Labute approximate surface area is 235 Å². The third-order valence-electron chi connectivity index (χ3n) is 6.14. The molecule has 40 heavy (non-hydrogen) atoms. The number of nitrogens with one attached hydrogen (secondary N) is 2. The number of carboxylic acid groups (broad SMARTS) is 1. The van der Waals surface area contributed by atoms with Gasteiger partial charge < -0.3 is 25.2 Å². The van der Waals surface area contributed by atoms with Gasteiger partial charge in [0.1, 0.15) is 11.6 Å². The number of benzene rings is 2. The summed E-state index contributed by atoms with van der Waals surface area (Å²) in [4.78, 5) is 37.1. The number of carboxylic acids is 1. The maximum absolute atomic E-state index is 12.8. The maximum Gasteiger partial charge on any atom is 0.354 e. The Kier molecular flexibility index (Phi) is 8.48. The highest BCUT2D eigenvalue weighted by atomic mass is 35.5. The van der Waals surface area contributed by atoms with E-state index in [-0.39, 0.29) is 29.9 Å². The maximum atomic E-state index is 12.8. The first-order valence-electron chi connectivity index (χ1n) is 12.6. The van der Waals surface area contributed by atoms with E-state index < -0.39 is 5.97 Å². The van der Waals surface area contributed by atoms with Gasteiger partial charge in [0.2, 0.25) is 11.8 Å². The molecular formula is C29H26ClN5O5. The van der Waals surface area contributed by atoms with E-state index in [1.54, 1.807) is 36.5 Å². The van der Waals surface area contributed by atoms with Crippen LogP contribution in [0, 0.1) is 0 Å². The molecular weight excluding hydrogens is 534 g/mol. The fourth-order valence-corrected chi connectivity index (χ4v) is 4.08. The predicted octanol–water partition coefficient (Wildman–Crippen LogP) is 4.99. The number of aromatic carboxylic acids is 1. The van der Waals surface area contributed by atoms with Gasteiger partial charge in [0.05, 0.1) is 18.2 Å². The van der Waals surface area contributed by atoms with Crippen molar-refractivity contribution in [2.75, 3.05) is 23.8 Å². The highest BCUT2D eigenvalue weighted by Crippen LogP contribution is 2.23. The Balaban J connectivity index is 1.18. The molecule has 1 fully saturated rings. The van der Waals surface area contributed by atoms with Crippen molar-refractivity contribution >= 4 is 35.0 Å². The molecule has 3 N–H and O–H groups in total. The Bertz CT molecular complexity index is 1490. The molecule has 0 saturated carbocycles. The lowest BCUT2D eigenvalue weighted by Crippen LogP contribution is -2.34. The molecule has 0 unspecified atom stereocenters. The van der Waals surface area contributed by atoms with Gasteiger partial charge >= 0.3 is 5.97 Å². The van der Waals surface area contributed by atoms with Gasteiger partial charge in [0.15, 0.2) is 11.5 Å². The Morgan fingerprint density at radius 1 is 1.00 bits per heavy atom. The number of hydrogen-bond acceptors (Lipinski definition) is 8. The van der Waals surface area contributed by atoms with Crippen LogP contribution in [0.15, 0.2) is 72.9 Å². The van der Waals surface area contributed by atoms with Crippen LogP contribution in [0.4, 0.5) is 11.5 Å². The van der Waals surface area contributed by atoms with Crippen LogP contribution in [-0.4, -0.2) is 51.2 Å². The van der Waals surface area contributed by atoms with E-state index in [2.05, 4.69) is 25.6 Å². The average Bonchev–Trinajstić information content (AvgIpc) is 2.91. The van der Waals surface area contributed by atoms with Gasteiger partial charge in [-0.25, -0.2) is 14.8 Å². The number of rotatable bonds is 11. The summed E-state index contributed by atoms with van der Waals surface area (Å²) in [6.07, 6.45) is 3.24. The lowest BCUT2D eigenvalue weighted by atomic mass is 10.1. The van der Waals surface area contributed by atoms with Gasteiger partial charge in [0.25, 0.3) is 0 Å². The molecule has 1 amide bonds. The van der Waals surface area contributed by atoms with Crippen molar-refractivity contribution in [3.8, 4) is 11.6 Å². The van der Waals surface area contributed by atoms with Gasteiger partial charge in [-0.15, -0.1) is 0 Å². The first kappa shape index (κ1) is 27.0. The predicted molar refractivity (Wildman–Crippen MR) is 149 cm³/mol. The largest absolute Gasteiger partial charge is 0.477 e. The quantitative estimate of drug-likeness (QED) is 0.232. The third kappa shape index (κ3) is 7.31. The molecule has 4 aromatic rings. The van der Waals surface area contributed by atoms with Crippen LogP contribution in [-0.2, 0) is 22.4 Å². The number of nitrogens with zero attached hydrogens (tertiary/aromatic N) is 3. The van der Waals surface area contributed by atoms with Crippen molar-refractivity contribution in [2.24, 2.45) is 0 Å². The summed E-state index contributed by atoms with van der Waals surface area (Å²) in [6.45, 7) is 1.17. The van der Waals surface area contributed by atoms with Crippen molar-refractivity contribution < 1.29 is 24.2 Å². The molecule has 0 radical (unpaired) electrons. The lowest BCUT2D eigenvalue weighted by molar-refractivity contribution is -0.115. The molecule has 0 aliphatic carbocycles. The highest BCUT2D eigenvalue weighted by Gasteiger charge is 2.19. The molecule has 0 spiro atoms. The summed E-state index contributed by atoms with van der Waals surface area (Å²) >= 11 is 5.95. The first-order valence-corrected chi connectivity index (χ1v) is 13.0. The Morgan fingerprint density at radius 3 is 2.45 bits per heavy atom. The highest BCUT2D eigenvalue weighted by molar-refractivity contribution is 6.30. The molecule has 204 valence electrons. The fourth-order valence-electron chi connectivity index (χ4n) is 3.95. The van der Waals surface area contributed by atoms with E-state index in [9.17, 15) is 14.7 Å². The van der Waals surface area contributed by atoms with Crippen molar-refractivity contribution in [3.05, 3.63) is 101 Å². The van der Waals surface area contributed by atoms with Crippen LogP contribution in [0.3, 0.4) is 0 Å². The van der Waals surface area contributed by atoms with Gasteiger partial charge in [0, 0.05) is 36.9 Å². The number of ether oxygens (including phenoxy) is 2. The molecule has 10 nitrogen and oxygen atoms in total. The second-order valence-electron chi connectivity index (χ2n) is 9.15. The molecule has 2 aromatic heterocycles. The van der Waals surface area contributed by atoms with Crippen molar-refractivity contribution in [1.29, 1.82) is 0 Å². The van der Waals surface area contributed by atoms with E-state index in [0.29, 0.717) is 47.7 Å². The van der Waals surface area contributed by atoms with Crippen molar-refractivity contribution in [2.45, 2.75) is 25.4 Å². The number of halogens is 1. The molecule has 3 heterocycles. The molecule has 11 heteroatoms. The van der Waals surface area contributed by atoms with Gasteiger partial charge in [-0.3, -0.25) is 4.79 Å². The smallest absolute Gasteiger partial charge is 0.354 e. The topological polar surface area (TPSA) is 136 Å². The summed E-state index contributed by atoms with van der Waals surface area (Å²) in [5, 5.41) is 15.9. The number of carbonyl (C=O) groups is 2. The normalized spacial score (nSPS) is 14.2. The third-order valence-corrected chi connectivity index (χ3v) is 6.40. The minimum Gasteiger partial charge on any atom is -0.477 e. The van der Waals surface area contributed by atoms with Crippen LogP contribution in [0.5, 0.6) is 11.6 Å². The number of aromatic nitrogens is 3. The Hall–Kier alpha value is -4.54. The molecule has 1 aliphatic rings. The van der Waals surface area contributed by atoms with E-state index in [4.69, 9.17) is 21.1 Å². The summed E-state index contributed by atoms with van der Waals surface area (Å²) in [7, 11) is 0. The molecule has 0 bridgehead atoms. The monoisotopic (exact) mass is 559 g/mol. The first-order chi connectivity index (χ1) is 19.4. The number of pyridine rings is 1. The van der Waals surface area contributed by atoms with Crippen LogP contribution in [0.25, 0.3) is 0 Å². The minimum atomic E-state index is -1.15. The second-order valence-corrected chi connectivity index (χ2v) is 9.58. The van der Waals surface area contributed by atoms with Crippen LogP contribution in [0.2, 0.25) is 5.02 Å². The van der Waals surface area contributed by atoms with Gasteiger partial charge in [-0.1, -0.05) is 35.9 Å². The van der Waals surface area contributed by atoms with Crippen LogP contribution >= 0.6 is 11.6 Å². The summed E-state index contributed by atoms with van der Waals surface area (Å²) in [5.74, 6) is 0.459. The summed E-state index contributed by atoms with van der Waals surface area (Å²) in [5.41, 5.74) is 2.08. The fraction of sp³-hybridized carbons (Fsp3) is 0.207. The van der Waals surface area contributed by atoms with E-state index >= 15 is 0 Å². The van der Waals surface area contributed by atoms with Crippen molar-refractivity contribution in [3.63, 3.8) is 0 Å². The summed E-state index contributed by atoms with van der Waals surface area (Å²) < 4.78 is 11.3. The van der Waals surface area contributed by atoms with Gasteiger partial charge in [-0.05, 0) is 53.9 Å². The van der Waals surface area contributed by atoms with E-state index in [1.807, 2.05) is 24.3 Å². The molecule has 2 aromatic carbocycles. The van der Waals surface area contributed by atoms with Crippen molar-refractivity contribution in [1.82, 2.24) is 15.0 Å². The minimum absolute atomic E-state index is 0.0389. The SMILES string of the molecule is O=C(Cc1ccc(Oc2ccnc(Cc3ccc(Cl)cc3)n2)cc1)Nc1ccc(C(=O)O)nc1NC[C@@H]1CCO1. The zero-order valence-electron chi connectivity index (χ0n) is 21.3. The number of anilines is 2. The number of carbonyl (C=O) groups excluding carboxylic acids is 1. The Morgan fingerprint density at radius 2 is 1.75 bits per heavy atom. The summed E-state index contributed by atoms with van der Waals surface area (Å²) in [6, 6.07) is 19.2. The van der Waals surface area contributed by atoms with Crippen LogP contribution in [0.1, 0.15) is 33.9 Å². The van der Waals surface area contributed by atoms with E-state index in [0.717, 1.165) is 17.5 Å². The zero-order chi connectivity index (χ0) is 27.9. The van der Waals surface area contributed by atoms with Gasteiger partial charge in [-0.2, -0.15) is 4.98 Å². The standard InChI is InChI=1S/C29H26ClN5O5/c30-20-5-1-18(2-6-20)15-25-31-13-11-27(35-25)40-21-7-3-19(4-8-21)16-26(36)33-23-9-10-24(29(37)38)34-28(23)32-17-22-12-14-39-22/h1-11,13,22H,12,14-17H2,(H,32,34)(H,33,36)(H,37,38)/t22-/m0/s1. The van der Waals surface area contributed by atoms with Crippen LogP contribution < -0.4 is 15.4 Å². The molecule has 1 atom stereocenters. The molecule has 1 saturated heterocycles.